The van der Waals surface area contributed by atoms with Gasteiger partial charge in [-0.2, -0.15) is 0 Å². The number of rotatable bonds is 7. The Kier molecular flexibility index (Phi) is 6.50. The Morgan fingerprint density at radius 1 is 1.23 bits per heavy atom. The van der Waals surface area contributed by atoms with E-state index in [9.17, 15) is 13.2 Å². The summed E-state index contributed by atoms with van der Waals surface area (Å²) in [6.07, 6.45) is 1.06. The number of amides is 1. The summed E-state index contributed by atoms with van der Waals surface area (Å²) >= 11 is 5.91. The summed E-state index contributed by atoms with van der Waals surface area (Å²) in [5.74, 6) is 0.160. The predicted molar refractivity (Wildman–Crippen MR) is 104 cm³/mol. The summed E-state index contributed by atoms with van der Waals surface area (Å²) in [6.45, 7) is 3.89. The van der Waals surface area contributed by atoms with Gasteiger partial charge in [0.25, 0.3) is 0 Å². The molecule has 140 valence electrons. The van der Waals surface area contributed by atoms with E-state index in [4.69, 9.17) is 16.3 Å². The average molecular weight is 397 g/mol. The van der Waals surface area contributed by atoms with E-state index in [-0.39, 0.29) is 0 Å². The molecule has 0 aliphatic carbocycles. The van der Waals surface area contributed by atoms with Gasteiger partial charge in [-0.05, 0) is 56.3 Å². The highest BCUT2D eigenvalue weighted by Gasteiger charge is 2.29. The Morgan fingerprint density at radius 3 is 2.42 bits per heavy atom. The Hall–Kier alpha value is -2.25. The van der Waals surface area contributed by atoms with E-state index in [0.29, 0.717) is 28.8 Å². The molecule has 0 aromatic heterocycles. The van der Waals surface area contributed by atoms with Gasteiger partial charge in [-0.25, -0.2) is 8.42 Å². The van der Waals surface area contributed by atoms with Gasteiger partial charge in [0.05, 0.1) is 18.6 Å². The Morgan fingerprint density at radius 2 is 1.88 bits per heavy atom. The van der Waals surface area contributed by atoms with Crippen LogP contribution in [-0.4, -0.2) is 33.2 Å². The lowest BCUT2D eigenvalue weighted by atomic mass is 10.2. The second kappa shape index (κ2) is 8.42. The second-order valence-electron chi connectivity index (χ2n) is 5.66. The zero-order chi connectivity index (χ0) is 19.3. The first-order valence-electron chi connectivity index (χ1n) is 8.01. The van der Waals surface area contributed by atoms with Crippen molar-refractivity contribution in [3.8, 4) is 5.75 Å². The number of nitrogens with one attached hydrogen (secondary N) is 1. The van der Waals surface area contributed by atoms with Crippen LogP contribution in [0.15, 0.2) is 48.5 Å². The number of halogens is 1. The third-order valence-corrected chi connectivity index (χ3v) is 5.06. The van der Waals surface area contributed by atoms with Crippen LogP contribution < -0.4 is 14.4 Å². The fourth-order valence-corrected chi connectivity index (χ4v) is 3.84. The lowest BCUT2D eigenvalue weighted by Crippen LogP contribution is -2.45. The van der Waals surface area contributed by atoms with Crippen molar-refractivity contribution < 1.29 is 17.9 Å². The summed E-state index contributed by atoms with van der Waals surface area (Å²) in [4.78, 5) is 12.6. The largest absolute Gasteiger partial charge is 0.494 e. The molecule has 1 amide bonds. The number of hydrogen-bond acceptors (Lipinski definition) is 4. The number of hydrogen-bond donors (Lipinski definition) is 1. The van der Waals surface area contributed by atoms with Gasteiger partial charge in [0, 0.05) is 10.7 Å². The Balaban J connectivity index is 2.27. The molecule has 0 aliphatic rings. The minimum absolute atomic E-state index is 0.379. The molecule has 0 fully saturated rings. The number of benzene rings is 2. The van der Waals surface area contributed by atoms with Crippen molar-refractivity contribution in [2.24, 2.45) is 0 Å². The van der Waals surface area contributed by atoms with Crippen LogP contribution in [-0.2, 0) is 14.8 Å². The molecule has 0 spiro atoms. The zero-order valence-electron chi connectivity index (χ0n) is 14.8. The molecule has 26 heavy (non-hydrogen) atoms. The number of carbonyl (C=O) groups excluding carboxylic acids is 1. The van der Waals surface area contributed by atoms with E-state index in [1.807, 2.05) is 6.92 Å². The molecular weight excluding hydrogens is 376 g/mol. The maximum absolute atomic E-state index is 12.6. The third-order valence-electron chi connectivity index (χ3n) is 3.58. The smallest absolute Gasteiger partial charge is 0.247 e. The monoisotopic (exact) mass is 396 g/mol. The number of anilines is 2. The summed E-state index contributed by atoms with van der Waals surface area (Å²) in [5, 5.41) is 3.16. The molecule has 0 heterocycles. The van der Waals surface area contributed by atoms with Crippen molar-refractivity contribution >= 4 is 38.9 Å². The molecule has 0 bridgehead atoms. The van der Waals surface area contributed by atoms with Gasteiger partial charge < -0.3 is 10.1 Å². The van der Waals surface area contributed by atoms with E-state index in [1.54, 1.807) is 48.5 Å². The van der Waals surface area contributed by atoms with Crippen LogP contribution in [0.3, 0.4) is 0 Å². The maximum atomic E-state index is 12.6. The van der Waals surface area contributed by atoms with Crippen LogP contribution in [0.25, 0.3) is 0 Å². The van der Waals surface area contributed by atoms with Gasteiger partial charge >= 0.3 is 0 Å². The number of nitrogens with zero attached hydrogens (tertiary/aromatic N) is 1. The van der Waals surface area contributed by atoms with E-state index in [1.165, 1.54) is 6.92 Å². The van der Waals surface area contributed by atoms with E-state index < -0.39 is 22.0 Å². The van der Waals surface area contributed by atoms with Crippen molar-refractivity contribution in [2.45, 2.75) is 19.9 Å². The molecule has 1 unspecified atom stereocenters. The maximum Gasteiger partial charge on any atom is 0.247 e. The lowest BCUT2D eigenvalue weighted by Gasteiger charge is -2.28. The lowest BCUT2D eigenvalue weighted by molar-refractivity contribution is -0.116. The molecule has 2 aromatic rings. The number of carbonyl (C=O) groups is 1. The summed E-state index contributed by atoms with van der Waals surface area (Å²) in [6, 6.07) is 12.2. The molecule has 2 aromatic carbocycles. The topological polar surface area (TPSA) is 75.7 Å². The zero-order valence-corrected chi connectivity index (χ0v) is 16.3. The second-order valence-corrected chi connectivity index (χ2v) is 7.96. The van der Waals surface area contributed by atoms with Gasteiger partial charge in [-0.1, -0.05) is 17.7 Å². The van der Waals surface area contributed by atoms with Crippen molar-refractivity contribution in [3.63, 3.8) is 0 Å². The van der Waals surface area contributed by atoms with Crippen molar-refractivity contribution in [1.82, 2.24) is 0 Å². The van der Waals surface area contributed by atoms with Crippen molar-refractivity contribution in [1.29, 1.82) is 0 Å². The summed E-state index contributed by atoms with van der Waals surface area (Å²) in [7, 11) is -3.68. The molecule has 6 nitrogen and oxygen atoms in total. The molecular formula is C18H21ClN2O4S. The van der Waals surface area contributed by atoms with Crippen molar-refractivity contribution in [2.75, 3.05) is 22.5 Å². The minimum Gasteiger partial charge on any atom is -0.494 e. The van der Waals surface area contributed by atoms with Crippen LogP contribution in [0.1, 0.15) is 13.8 Å². The predicted octanol–water partition coefficient (Wildman–Crippen LogP) is 3.53. The normalized spacial score (nSPS) is 12.3. The van der Waals surface area contributed by atoms with Crippen LogP contribution in [0.4, 0.5) is 11.4 Å². The van der Waals surface area contributed by atoms with Crippen molar-refractivity contribution in [3.05, 3.63) is 53.6 Å². The Bertz CT molecular complexity index is 869. The van der Waals surface area contributed by atoms with Gasteiger partial charge in [0.1, 0.15) is 11.8 Å². The number of ether oxygens (including phenoxy) is 1. The highest BCUT2D eigenvalue weighted by atomic mass is 35.5. The first-order valence-corrected chi connectivity index (χ1v) is 10.2. The fourth-order valence-electron chi connectivity index (χ4n) is 2.48. The quantitative estimate of drug-likeness (QED) is 0.776. The molecule has 8 heteroatoms. The van der Waals surface area contributed by atoms with Gasteiger partial charge in [-0.3, -0.25) is 9.10 Å². The van der Waals surface area contributed by atoms with Gasteiger partial charge in [0.15, 0.2) is 0 Å². The highest BCUT2D eigenvalue weighted by molar-refractivity contribution is 7.92. The number of sulfonamides is 1. The fraction of sp³-hybridized carbons (Fsp3) is 0.278. The molecule has 0 saturated carbocycles. The SMILES string of the molecule is CCOc1ccc(N(C(C)C(=O)Nc2cccc(Cl)c2)S(C)(=O)=O)cc1. The van der Waals surface area contributed by atoms with Gasteiger partial charge in [-0.15, -0.1) is 0 Å². The molecule has 0 radical (unpaired) electrons. The van der Waals surface area contributed by atoms with Gasteiger partial charge in [0.2, 0.25) is 15.9 Å². The Labute approximate surface area is 158 Å². The van der Waals surface area contributed by atoms with E-state index in [2.05, 4.69) is 5.32 Å². The first kappa shape index (κ1) is 20.1. The average Bonchev–Trinajstić information content (AvgIpc) is 2.55. The third kappa shape index (κ3) is 5.12. The van der Waals surface area contributed by atoms with Crippen LogP contribution in [0, 0.1) is 0 Å². The van der Waals surface area contributed by atoms with Crippen LogP contribution in [0.5, 0.6) is 5.75 Å². The minimum atomic E-state index is -3.68. The standard InChI is InChI=1S/C18H21ClN2O4S/c1-4-25-17-10-8-16(9-11-17)21(26(3,23)24)13(2)18(22)20-15-7-5-6-14(19)12-15/h5-13H,4H2,1-3H3,(H,20,22). The molecule has 1 N–H and O–H groups in total. The molecule has 0 saturated heterocycles. The summed E-state index contributed by atoms with van der Waals surface area (Å²) < 4.78 is 31.0. The highest BCUT2D eigenvalue weighted by Crippen LogP contribution is 2.25. The van der Waals surface area contributed by atoms with E-state index >= 15 is 0 Å². The van der Waals surface area contributed by atoms with E-state index in [0.717, 1.165) is 10.6 Å². The molecule has 2 rings (SSSR count). The first-order chi connectivity index (χ1) is 12.2. The van der Waals surface area contributed by atoms with Crippen LogP contribution >= 0.6 is 11.6 Å². The molecule has 1 atom stereocenters. The molecule has 0 aliphatic heterocycles. The summed E-state index contributed by atoms with van der Waals surface area (Å²) in [5.41, 5.74) is 0.874. The van der Waals surface area contributed by atoms with Crippen LogP contribution in [0.2, 0.25) is 5.02 Å².